The maximum absolute atomic E-state index is 10.9. The van der Waals surface area contributed by atoms with E-state index in [0.29, 0.717) is 6.54 Å². The second-order valence-electron chi connectivity index (χ2n) is 5.88. The minimum absolute atomic E-state index is 0.000732. The fraction of sp³-hybridized carbons (Fsp3) is 0.933. The van der Waals surface area contributed by atoms with Crippen molar-refractivity contribution in [3.8, 4) is 0 Å². The maximum atomic E-state index is 10.9. The monoisotopic (exact) mass is 286 g/mol. The van der Waals surface area contributed by atoms with Crippen LogP contribution in [-0.4, -0.2) is 62.9 Å². The predicted octanol–water partition coefficient (Wildman–Crippen LogP) is 1.28. The van der Waals surface area contributed by atoms with Crippen LogP contribution in [0.15, 0.2) is 0 Å². The molecule has 0 spiro atoms. The van der Waals surface area contributed by atoms with Crippen LogP contribution in [0, 0.1) is 5.92 Å². The molecule has 1 atom stereocenters. The van der Waals surface area contributed by atoms with Crippen LogP contribution < -0.4 is 5.32 Å². The number of ether oxygens (including phenoxy) is 2. The molecule has 0 bridgehead atoms. The zero-order chi connectivity index (χ0) is 14.8. The Bertz CT molecular complexity index is 272. The molecule has 1 fully saturated rings. The van der Waals surface area contributed by atoms with E-state index >= 15 is 0 Å². The molecule has 5 heteroatoms. The van der Waals surface area contributed by atoms with Crippen LogP contribution >= 0.6 is 0 Å². The Hall–Kier alpha value is -0.650. The van der Waals surface area contributed by atoms with Gasteiger partial charge >= 0.3 is 0 Å². The van der Waals surface area contributed by atoms with Gasteiger partial charge in [-0.3, -0.25) is 9.69 Å². The highest BCUT2D eigenvalue weighted by Gasteiger charge is 2.20. The van der Waals surface area contributed by atoms with Crippen molar-refractivity contribution < 1.29 is 14.3 Å². The second-order valence-corrected chi connectivity index (χ2v) is 5.88. The van der Waals surface area contributed by atoms with Crippen LogP contribution in [0.5, 0.6) is 0 Å². The molecule has 1 aliphatic heterocycles. The van der Waals surface area contributed by atoms with Crippen molar-refractivity contribution >= 4 is 5.91 Å². The van der Waals surface area contributed by atoms with Gasteiger partial charge in [0.05, 0.1) is 19.3 Å². The summed E-state index contributed by atoms with van der Waals surface area (Å²) in [4.78, 5) is 13.2. The number of hydrogen-bond donors (Lipinski definition) is 1. The van der Waals surface area contributed by atoms with Crippen LogP contribution in [0.2, 0.25) is 0 Å². The Balaban J connectivity index is 2.04. The molecule has 0 radical (unpaired) electrons. The molecule has 0 aliphatic carbocycles. The molecule has 118 valence electrons. The van der Waals surface area contributed by atoms with Crippen LogP contribution in [-0.2, 0) is 14.3 Å². The number of hydrogen-bond acceptors (Lipinski definition) is 4. The fourth-order valence-electron chi connectivity index (χ4n) is 2.25. The molecule has 1 rings (SSSR count). The Labute approximate surface area is 123 Å². The summed E-state index contributed by atoms with van der Waals surface area (Å²) < 4.78 is 11.3. The zero-order valence-electron chi connectivity index (χ0n) is 13.2. The van der Waals surface area contributed by atoms with E-state index in [0.717, 1.165) is 51.8 Å². The molecule has 0 aromatic rings. The summed E-state index contributed by atoms with van der Waals surface area (Å²) in [5, 5.41) is 2.81. The molecular formula is C15H30N2O3. The lowest BCUT2D eigenvalue weighted by molar-refractivity contribution is -0.120. The highest BCUT2D eigenvalue weighted by Crippen LogP contribution is 2.05. The van der Waals surface area contributed by atoms with Gasteiger partial charge in [0.25, 0.3) is 0 Å². The van der Waals surface area contributed by atoms with Gasteiger partial charge in [0.2, 0.25) is 5.91 Å². The molecule has 1 aliphatic rings. The molecule has 5 nitrogen and oxygen atoms in total. The van der Waals surface area contributed by atoms with Gasteiger partial charge in [0, 0.05) is 39.7 Å². The van der Waals surface area contributed by atoms with Gasteiger partial charge in [-0.2, -0.15) is 0 Å². The molecule has 20 heavy (non-hydrogen) atoms. The van der Waals surface area contributed by atoms with E-state index in [1.54, 1.807) is 0 Å². The van der Waals surface area contributed by atoms with Gasteiger partial charge in [-0.05, 0) is 18.8 Å². The highest BCUT2D eigenvalue weighted by atomic mass is 16.5. The van der Waals surface area contributed by atoms with E-state index in [9.17, 15) is 4.79 Å². The number of carbonyl (C=O) groups is 1. The summed E-state index contributed by atoms with van der Waals surface area (Å²) in [6.45, 7) is 11.8. The molecule has 0 unspecified atom stereocenters. The first-order chi connectivity index (χ1) is 9.58. The van der Waals surface area contributed by atoms with E-state index in [4.69, 9.17) is 9.47 Å². The van der Waals surface area contributed by atoms with Crippen molar-refractivity contribution in [3.63, 3.8) is 0 Å². The summed E-state index contributed by atoms with van der Waals surface area (Å²) in [7, 11) is 0. The fourth-order valence-corrected chi connectivity index (χ4v) is 2.25. The van der Waals surface area contributed by atoms with E-state index in [1.807, 2.05) is 0 Å². The normalized spacial score (nSPS) is 20.3. The van der Waals surface area contributed by atoms with E-state index < -0.39 is 0 Å². The SMILES string of the molecule is CC(=O)NC[C@@H]1CN(CCOCCCC(C)C)CCO1. The Kier molecular flexibility index (Phi) is 8.82. The summed E-state index contributed by atoms with van der Waals surface area (Å²) in [5.74, 6) is 0.756. The first-order valence-electron chi connectivity index (χ1n) is 7.74. The third kappa shape index (κ3) is 8.51. The number of amides is 1. The Morgan fingerprint density at radius 1 is 1.45 bits per heavy atom. The molecule has 1 amide bonds. The molecule has 0 aromatic carbocycles. The minimum Gasteiger partial charge on any atom is -0.380 e. The average molecular weight is 286 g/mol. The van der Waals surface area contributed by atoms with Crippen LogP contribution in [0.3, 0.4) is 0 Å². The second kappa shape index (κ2) is 10.1. The number of rotatable bonds is 9. The van der Waals surface area contributed by atoms with E-state index in [2.05, 4.69) is 24.1 Å². The molecule has 0 aromatic heterocycles. The number of carbonyl (C=O) groups excluding carboxylic acids is 1. The van der Waals surface area contributed by atoms with Crippen molar-refractivity contribution in [1.29, 1.82) is 0 Å². The van der Waals surface area contributed by atoms with Crippen molar-refractivity contribution in [2.24, 2.45) is 5.92 Å². The quantitative estimate of drug-likeness (QED) is 0.649. The largest absolute Gasteiger partial charge is 0.380 e. The topological polar surface area (TPSA) is 50.8 Å². The number of nitrogens with one attached hydrogen (secondary N) is 1. The molecule has 1 saturated heterocycles. The van der Waals surface area contributed by atoms with Gasteiger partial charge in [0.15, 0.2) is 0 Å². The first kappa shape index (κ1) is 17.4. The summed E-state index contributed by atoms with van der Waals surface area (Å²) >= 11 is 0. The third-order valence-corrected chi connectivity index (χ3v) is 3.42. The standard InChI is InChI=1S/C15H30N2O3/c1-13(2)5-4-8-19-9-6-17-7-10-20-15(12-17)11-16-14(3)18/h13,15H,4-12H2,1-3H3,(H,16,18)/t15-/m1/s1. The van der Waals surface area contributed by atoms with E-state index in [1.165, 1.54) is 13.3 Å². The molecule has 1 heterocycles. The third-order valence-electron chi connectivity index (χ3n) is 3.42. The lowest BCUT2D eigenvalue weighted by Gasteiger charge is -2.32. The van der Waals surface area contributed by atoms with Crippen molar-refractivity contribution in [1.82, 2.24) is 10.2 Å². The lowest BCUT2D eigenvalue weighted by Crippen LogP contribution is -2.48. The predicted molar refractivity (Wildman–Crippen MR) is 79.8 cm³/mol. The Morgan fingerprint density at radius 2 is 2.25 bits per heavy atom. The highest BCUT2D eigenvalue weighted by molar-refractivity contribution is 5.72. The Morgan fingerprint density at radius 3 is 2.95 bits per heavy atom. The molecule has 0 saturated carbocycles. The van der Waals surface area contributed by atoms with Crippen LogP contribution in [0.25, 0.3) is 0 Å². The maximum Gasteiger partial charge on any atom is 0.216 e. The number of nitrogens with zero attached hydrogens (tertiary/aromatic N) is 1. The lowest BCUT2D eigenvalue weighted by atomic mass is 10.1. The van der Waals surface area contributed by atoms with Gasteiger partial charge < -0.3 is 14.8 Å². The molecular weight excluding hydrogens is 256 g/mol. The van der Waals surface area contributed by atoms with Crippen molar-refractivity contribution in [3.05, 3.63) is 0 Å². The summed E-state index contributed by atoms with van der Waals surface area (Å²) in [6, 6.07) is 0. The van der Waals surface area contributed by atoms with Gasteiger partial charge in [0.1, 0.15) is 0 Å². The number of morpholine rings is 1. The smallest absolute Gasteiger partial charge is 0.216 e. The van der Waals surface area contributed by atoms with E-state index in [-0.39, 0.29) is 12.0 Å². The zero-order valence-corrected chi connectivity index (χ0v) is 13.2. The van der Waals surface area contributed by atoms with Crippen molar-refractivity contribution in [2.75, 3.05) is 46.0 Å². The molecule has 1 N–H and O–H groups in total. The average Bonchev–Trinajstić information content (AvgIpc) is 2.40. The van der Waals surface area contributed by atoms with Gasteiger partial charge in [-0.25, -0.2) is 0 Å². The first-order valence-corrected chi connectivity index (χ1v) is 7.74. The summed E-state index contributed by atoms with van der Waals surface area (Å²) in [5.41, 5.74) is 0. The van der Waals surface area contributed by atoms with Crippen LogP contribution in [0.4, 0.5) is 0 Å². The van der Waals surface area contributed by atoms with Gasteiger partial charge in [-0.15, -0.1) is 0 Å². The summed E-state index contributed by atoms with van der Waals surface area (Å²) in [6.07, 6.45) is 2.48. The van der Waals surface area contributed by atoms with Crippen molar-refractivity contribution in [2.45, 2.75) is 39.7 Å². The minimum atomic E-state index is -0.000732. The van der Waals surface area contributed by atoms with Crippen LogP contribution in [0.1, 0.15) is 33.6 Å². The van der Waals surface area contributed by atoms with Gasteiger partial charge in [-0.1, -0.05) is 13.8 Å².